The van der Waals surface area contributed by atoms with Gasteiger partial charge in [0.1, 0.15) is 0 Å². The first kappa shape index (κ1) is 17.3. The van der Waals surface area contributed by atoms with Crippen molar-refractivity contribution < 1.29 is 4.79 Å². The lowest BCUT2D eigenvalue weighted by atomic mass is 10.0. The monoisotopic (exact) mass is 364 g/mol. The van der Waals surface area contributed by atoms with E-state index in [1.807, 2.05) is 40.8 Å². The highest BCUT2D eigenvalue weighted by Gasteiger charge is 2.21. The van der Waals surface area contributed by atoms with Crippen LogP contribution in [-0.4, -0.2) is 44.4 Å². The zero-order valence-electron chi connectivity index (χ0n) is 13.9. The lowest BCUT2D eigenvalue weighted by Crippen LogP contribution is -2.40. The van der Waals surface area contributed by atoms with Gasteiger partial charge in [0, 0.05) is 30.7 Å². The molecule has 1 aliphatic rings. The molecule has 1 aromatic carbocycles. The zero-order valence-corrected chi connectivity index (χ0v) is 15.5. The molecular formula is C17H21ClN4OS. The third-order valence-corrected chi connectivity index (χ3v) is 5.53. The van der Waals surface area contributed by atoms with Crippen molar-refractivity contribution in [3.05, 3.63) is 29.3 Å². The molecule has 2 heterocycles. The van der Waals surface area contributed by atoms with Gasteiger partial charge in [0.2, 0.25) is 5.91 Å². The van der Waals surface area contributed by atoms with Crippen LogP contribution < -0.4 is 0 Å². The molecule has 3 rings (SSSR count). The fourth-order valence-electron chi connectivity index (χ4n) is 2.92. The van der Waals surface area contributed by atoms with Gasteiger partial charge in [0.15, 0.2) is 11.0 Å². The number of likely N-dealkylation sites (tertiary alicyclic amines) is 1. The molecule has 1 fully saturated rings. The van der Waals surface area contributed by atoms with Crippen LogP contribution >= 0.6 is 23.4 Å². The first-order valence-electron chi connectivity index (χ1n) is 8.10. The van der Waals surface area contributed by atoms with Gasteiger partial charge in [-0.15, -0.1) is 10.2 Å². The van der Waals surface area contributed by atoms with E-state index in [4.69, 9.17) is 11.6 Å². The summed E-state index contributed by atoms with van der Waals surface area (Å²) < 4.78 is 1.92. The molecule has 7 heteroatoms. The molecule has 2 aromatic rings. The van der Waals surface area contributed by atoms with Crippen LogP contribution in [0.3, 0.4) is 0 Å². The van der Waals surface area contributed by atoms with Crippen molar-refractivity contribution in [3.8, 4) is 11.4 Å². The average Bonchev–Trinajstić information content (AvgIpc) is 2.94. The predicted molar refractivity (Wildman–Crippen MR) is 97.2 cm³/mol. The number of rotatable bonds is 4. The van der Waals surface area contributed by atoms with E-state index in [0.29, 0.717) is 16.7 Å². The number of thioether (sulfide) groups is 1. The lowest BCUT2D eigenvalue weighted by molar-refractivity contribution is -0.130. The smallest absolute Gasteiger partial charge is 0.233 e. The van der Waals surface area contributed by atoms with E-state index in [-0.39, 0.29) is 5.91 Å². The zero-order chi connectivity index (χ0) is 17.1. The van der Waals surface area contributed by atoms with Gasteiger partial charge in [0.05, 0.1) is 5.75 Å². The first-order valence-corrected chi connectivity index (χ1v) is 9.47. The van der Waals surface area contributed by atoms with Crippen molar-refractivity contribution in [3.63, 3.8) is 0 Å². The van der Waals surface area contributed by atoms with Crippen molar-refractivity contribution in [2.45, 2.75) is 24.9 Å². The Labute approximate surface area is 151 Å². The van der Waals surface area contributed by atoms with Crippen LogP contribution in [0.5, 0.6) is 0 Å². The van der Waals surface area contributed by atoms with E-state index in [9.17, 15) is 4.79 Å². The topological polar surface area (TPSA) is 51.0 Å². The van der Waals surface area contributed by atoms with E-state index in [1.165, 1.54) is 18.2 Å². The number of carbonyl (C=O) groups is 1. The number of aromatic nitrogens is 3. The fraction of sp³-hybridized carbons (Fsp3) is 0.471. The Hall–Kier alpha value is -1.53. The maximum atomic E-state index is 12.4. The van der Waals surface area contributed by atoms with Crippen LogP contribution in [0, 0.1) is 5.92 Å². The van der Waals surface area contributed by atoms with E-state index in [0.717, 1.165) is 36.1 Å². The van der Waals surface area contributed by atoms with Gasteiger partial charge in [-0.05, 0) is 43.0 Å². The number of halogens is 1. The minimum atomic E-state index is 0.183. The highest BCUT2D eigenvalue weighted by Crippen LogP contribution is 2.24. The molecule has 24 heavy (non-hydrogen) atoms. The van der Waals surface area contributed by atoms with Gasteiger partial charge >= 0.3 is 0 Å². The SMILES string of the molecule is C[C@@H]1CCCN(C(=O)CSc2nnc(-c3ccc(Cl)cc3)n2C)C1. The second kappa shape index (κ2) is 7.57. The fourth-order valence-corrected chi connectivity index (χ4v) is 3.86. The summed E-state index contributed by atoms with van der Waals surface area (Å²) in [5.41, 5.74) is 0.956. The molecule has 0 bridgehead atoms. The molecule has 5 nitrogen and oxygen atoms in total. The van der Waals surface area contributed by atoms with Gasteiger partial charge < -0.3 is 9.47 Å². The Morgan fingerprint density at radius 2 is 2.08 bits per heavy atom. The minimum Gasteiger partial charge on any atom is -0.342 e. The lowest BCUT2D eigenvalue weighted by Gasteiger charge is -2.30. The first-order chi connectivity index (χ1) is 11.5. The molecule has 128 valence electrons. The van der Waals surface area contributed by atoms with Crippen molar-refractivity contribution in [2.75, 3.05) is 18.8 Å². The second-order valence-electron chi connectivity index (χ2n) is 6.25. The standard InChI is InChI=1S/C17H21ClN4OS/c1-12-4-3-9-22(10-12)15(23)11-24-17-20-19-16(21(17)2)13-5-7-14(18)8-6-13/h5-8,12H,3-4,9-11H2,1-2H3/t12-/m1/s1. The summed E-state index contributed by atoms with van der Waals surface area (Å²) in [6.07, 6.45) is 2.31. The normalized spacial score (nSPS) is 18.0. The average molecular weight is 365 g/mol. The number of benzene rings is 1. The number of carbonyl (C=O) groups excluding carboxylic acids is 1. The molecule has 1 aromatic heterocycles. The van der Waals surface area contributed by atoms with Crippen molar-refractivity contribution >= 4 is 29.3 Å². The third kappa shape index (κ3) is 3.92. The Morgan fingerprint density at radius 1 is 1.33 bits per heavy atom. The number of nitrogens with zero attached hydrogens (tertiary/aromatic N) is 4. The number of piperidine rings is 1. The summed E-state index contributed by atoms with van der Waals surface area (Å²) in [5.74, 6) is 1.95. The number of hydrogen-bond donors (Lipinski definition) is 0. The van der Waals surface area contributed by atoms with Crippen LogP contribution in [0.25, 0.3) is 11.4 Å². The Balaban J connectivity index is 1.64. The highest BCUT2D eigenvalue weighted by molar-refractivity contribution is 7.99. The van der Waals surface area contributed by atoms with Gasteiger partial charge in [0.25, 0.3) is 0 Å². The quantitative estimate of drug-likeness (QED) is 0.779. The molecule has 0 unspecified atom stereocenters. The van der Waals surface area contributed by atoms with Gasteiger partial charge in [-0.1, -0.05) is 30.3 Å². The maximum Gasteiger partial charge on any atom is 0.233 e. The van der Waals surface area contributed by atoms with Gasteiger partial charge in [-0.25, -0.2) is 0 Å². The highest BCUT2D eigenvalue weighted by atomic mass is 35.5. The van der Waals surface area contributed by atoms with Crippen LogP contribution in [0.1, 0.15) is 19.8 Å². The third-order valence-electron chi connectivity index (χ3n) is 4.27. The van der Waals surface area contributed by atoms with Gasteiger partial charge in [-0.2, -0.15) is 0 Å². The number of amides is 1. The van der Waals surface area contributed by atoms with Crippen LogP contribution in [0.2, 0.25) is 5.02 Å². The van der Waals surface area contributed by atoms with Crippen molar-refractivity contribution in [1.29, 1.82) is 0 Å². The molecule has 1 atom stereocenters. The van der Waals surface area contributed by atoms with E-state index in [1.54, 1.807) is 0 Å². The molecule has 0 N–H and O–H groups in total. The van der Waals surface area contributed by atoms with E-state index in [2.05, 4.69) is 17.1 Å². The van der Waals surface area contributed by atoms with Crippen LogP contribution in [0.15, 0.2) is 29.4 Å². The summed E-state index contributed by atoms with van der Waals surface area (Å²) in [7, 11) is 1.92. The van der Waals surface area contributed by atoms with Gasteiger partial charge in [-0.3, -0.25) is 4.79 Å². The molecule has 0 aliphatic carbocycles. The summed E-state index contributed by atoms with van der Waals surface area (Å²) in [6, 6.07) is 7.50. The Morgan fingerprint density at radius 3 is 2.79 bits per heavy atom. The molecule has 1 saturated heterocycles. The minimum absolute atomic E-state index is 0.183. The van der Waals surface area contributed by atoms with Crippen LogP contribution in [-0.2, 0) is 11.8 Å². The van der Waals surface area contributed by atoms with E-state index < -0.39 is 0 Å². The molecule has 0 radical (unpaired) electrons. The summed E-state index contributed by atoms with van der Waals surface area (Å²) >= 11 is 7.36. The van der Waals surface area contributed by atoms with Crippen molar-refractivity contribution in [1.82, 2.24) is 19.7 Å². The summed E-state index contributed by atoms with van der Waals surface area (Å²) in [4.78, 5) is 14.3. The predicted octanol–water partition coefficient (Wildman–Crippen LogP) is 3.49. The summed E-state index contributed by atoms with van der Waals surface area (Å²) in [6.45, 7) is 3.94. The van der Waals surface area contributed by atoms with Crippen LogP contribution in [0.4, 0.5) is 0 Å². The van der Waals surface area contributed by atoms with Crippen molar-refractivity contribution in [2.24, 2.45) is 13.0 Å². The molecule has 1 amide bonds. The second-order valence-corrected chi connectivity index (χ2v) is 7.63. The largest absolute Gasteiger partial charge is 0.342 e. The molecular weight excluding hydrogens is 344 g/mol. The Kier molecular flexibility index (Phi) is 5.46. The Bertz CT molecular complexity index is 716. The molecule has 0 spiro atoms. The maximum absolute atomic E-state index is 12.4. The van der Waals surface area contributed by atoms with E-state index >= 15 is 0 Å². The number of hydrogen-bond acceptors (Lipinski definition) is 4. The molecule has 1 aliphatic heterocycles. The summed E-state index contributed by atoms with van der Waals surface area (Å²) in [5, 5.41) is 9.90. The molecule has 0 saturated carbocycles.